The number of nitrogens with one attached hydrogen (secondary N) is 1. The minimum Gasteiger partial charge on any atom is -0.340 e. The van der Waals surface area contributed by atoms with Crippen LogP contribution in [0.5, 0.6) is 0 Å². The fourth-order valence-electron chi connectivity index (χ4n) is 1.59. The van der Waals surface area contributed by atoms with E-state index in [-0.39, 0.29) is 10.9 Å². The first kappa shape index (κ1) is 20.8. The summed E-state index contributed by atoms with van der Waals surface area (Å²) in [5.74, 6) is -3.37. The number of hydrogen-bond acceptors (Lipinski definition) is 8. The largest absolute Gasteiger partial charge is 0.342 e. The number of rotatable bonds is 7. The van der Waals surface area contributed by atoms with E-state index in [4.69, 9.17) is 4.55 Å². The molecule has 0 aromatic heterocycles. The van der Waals surface area contributed by atoms with E-state index in [1.165, 1.54) is 0 Å². The van der Waals surface area contributed by atoms with Gasteiger partial charge < -0.3 is 4.84 Å². The second kappa shape index (κ2) is 9.30. The highest BCUT2D eigenvalue weighted by atomic mass is 32.2. The number of thioether (sulfide) groups is 1. The molecular formula is C14H15NO8S2. The summed E-state index contributed by atoms with van der Waals surface area (Å²) in [6.07, 6.45) is -0.905. The van der Waals surface area contributed by atoms with Crippen LogP contribution in [0.15, 0.2) is 30.3 Å². The van der Waals surface area contributed by atoms with Gasteiger partial charge in [0, 0.05) is 5.56 Å². The number of carbonyl (C=O) groups is 4. The molecular weight excluding hydrogens is 374 g/mol. The molecule has 1 amide bonds. The molecule has 0 aliphatic rings. The van der Waals surface area contributed by atoms with Crippen LogP contribution in [-0.4, -0.2) is 46.7 Å². The molecule has 11 heteroatoms. The zero-order valence-electron chi connectivity index (χ0n) is 13.0. The Morgan fingerprint density at radius 2 is 1.80 bits per heavy atom. The summed E-state index contributed by atoms with van der Waals surface area (Å²) in [7, 11) is -4.75. The van der Waals surface area contributed by atoms with Crippen molar-refractivity contribution in [2.24, 2.45) is 0 Å². The van der Waals surface area contributed by atoms with Gasteiger partial charge in [-0.15, -0.1) is 0 Å². The number of benzene rings is 1. The Morgan fingerprint density at radius 1 is 1.20 bits per heavy atom. The molecule has 9 nitrogen and oxygen atoms in total. The lowest BCUT2D eigenvalue weighted by molar-refractivity contribution is -0.155. The van der Waals surface area contributed by atoms with Gasteiger partial charge in [-0.05, 0) is 6.92 Å². The number of Topliss-reactive ketones (excluding diaryl/α,β-unsaturated/α-hetero) is 1. The number of ketones is 1. The number of hydrogen-bond donors (Lipinski definition) is 2. The van der Waals surface area contributed by atoms with Crippen molar-refractivity contribution in [1.29, 1.82) is 0 Å². The predicted octanol–water partition coefficient (Wildman–Crippen LogP) is 0.370. The predicted molar refractivity (Wildman–Crippen MR) is 88.1 cm³/mol. The van der Waals surface area contributed by atoms with Crippen LogP contribution in [0.3, 0.4) is 0 Å². The van der Waals surface area contributed by atoms with Crippen molar-refractivity contribution in [2.75, 3.05) is 5.75 Å². The number of hydroxylamine groups is 1. The van der Waals surface area contributed by atoms with Gasteiger partial charge in [0.25, 0.3) is 16.0 Å². The lowest BCUT2D eigenvalue weighted by atomic mass is 10.2. The van der Waals surface area contributed by atoms with E-state index in [1.807, 2.05) is 0 Å². The van der Waals surface area contributed by atoms with Crippen LogP contribution in [0.25, 0.3) is 0 Å². The summed E-state index contributed by atoms with van der Waals surface area (Å²) < 4.78 is 30.8. The smallest absolute Gasteiger partial charge is 0.340 e. The van der Waals surface area contributed by atoms with Crippen molar-refractivity contribution in [3.05, 3.63) is 35.9 Å². The first-order chi connectivity index (χ1) is 11.6. The third-order valence-corrected chi connectivity index (χ3v) is 4.89. The lowest BCUT2D eigenvalue weighted by Gasteiger charge is -2.10. The molecule has 1 rings (SSSR count). The summed E-state index contributed by atoms with van der Waals surface area (Å²) in [4.78, 5) is 50.2. The van der Waals surface area contributed by atoms with Crippen molar-refractivity contribution < 1.29 is 37.0 Å². The van der Waals surface area contributed by atoms with Crippen LogP contribution < -0.4 is 5.48 Å². The Morgan fingerprint density at radius 3 is 2.32 bits per heavy atom. The van der Waals surface area contributed by atoms with E-state index in [2.05, 4.69) is 4.84 Å². The molecule has 0 bridgehead atoms. The van der Waals surface area contributed by atoms with E-state index < -0.39 is 39.4 Å². The monoisotopic (exact) mass is 389 g/mol. The van der Waals surface area contributed by atoms with Gasteiger partial charge in [0.15, 0.2) is 11.0 Å². The normalized spacial score (nSPS) is 12.1. The highest BCUT2D eigenvalue weighted by Crippen LogP contribution is 2.12. The molecule has 0 aliphatic heterocycles. The fraction of sp³-hybridized carbons (Fsp3) is 0.286. The zero-order valence-corrected chi connectivity index (χ0v) is 14.6. The second-order valence-electron chi connectivity index (χ2n) is 4.76. The van der Waals surface area contributed by atoms with Crippen LogP contribution in [-0.2, 0) is 29.3 Å². The molecule has 0 saturated heterocycles. The molecule has 1 aromatic rings. The minimum atomic E-state index is -4.75. The maximum atomic E-state index is 11.8. The SMILES string of the molecule is CC(=O)C(CC(=O)NOC(=O)CSC(=O)c1ccccc1)S(=O)(=O)O. The molecule has 25 heavy (non-hydrogen) atoms. The molecule has 0 heterocycles. The van der Waals surface area contributed by atoms with E-state index in [0.29, 0.717) is 17.3 Å². The summed E-state index contributed by atoms with van der Waals surface area (Å²) in [6.45, 7) is 0.892. The van der Waals surface area contributed by atoms with Gasteiger partial charge in [-0.1, -0.05) is 42.1 Å². The molecule has 2 N–H and O–H groups in total. The van der Waals surface area contributed by atoms with E-state index in [1.54, 1.807) is 35.8 Å². The van der Waals surface area contributed by atoms with Crippen LogP contribution in [0.4, 0.5) is 0 Å². The standard InChI is InChI=1S/C14H15NO8S2/c1-9(16)11(25(20,21)22)7-12(17)15-23-13(18)8-24-14(19)10-5-3-2-4-6-10/h2-6,11H,7-8H2,1H3,(H,15,17)(H,20,21,22). The second-order valence-corrected chi connectivity index (χ2v) is 7.31. The zero-order chi connectivity index (χ0) is 19.0. The number of carbonyl (C=O) groups excluding carboxylic acids is 4. The number of amides is 1. The summed E-state index contributed by atoms with van der Waals surface area (Å²) in [6, 6.07) is 8.19. The Hall–Kier alpha value is -2.24. The molecule has 0 radical (unpaired) electrons. The van der Waals surface area contributed by atoms with Crippen molar-refractivity contribution in [3.63, 3.8) is 0 Å². The molecule has 1 unspecified atom stereocenters. The Kier molecular flexibility index (Phi) is 7.74. The maximum absolute atomic E-state index is 11.8. The van der Waals surface area contributed by atoms with Crippen LogP contribution in [0.1, 0.15) is 23.7 Å². The highest BCUT2D eigenvalue weighted by molar-refractivity contribution is 8.14. The quantitative estimate of drug-likeness (QED) is 0.499. The average Bonchev–Trinajstić information content (AvgIpc) is 2.55. The van der Waals surface area contributed by atoms with E-state index in [0.717, 1.165) is 6.92 Å². The first-order valence-electron chi connectivity index (χ1n) is 6.78. The van der Waals surface area contributed by atoms with Gasteiger partial charge in [-0.2, -0.15) is 13.9 Å². The van der Waals surface area contributed by atoms with Crippen molar-refractivity contribution in [3.8, 4) is 0 Å². The minimum absolute atomic E-state index is 0.369. The first-order valence-corrected chi connectivity index (χ1v) is 9.27. The molecule has 0 aliphatic carbocycles. The van der Waals surface area contributed by atoms with Gasteiger partial charge in [0.1, 0.15) is 5.75 Å². The van der Waals surface area contributed by atoms with Gasteiger partial charge >= 0.3 is 5.97 Å². The Bertz CT molecular complexity index is 760. The van der Waals surface area contributed by atoms with Gasteiger partial charge in [-0.25, -0.2) is 4.79 Å². The summed E-state index contributed by atoms with van der Waals surface area (Å²) in [5.41, 5.74) is 2.05. The maximum Gasteiger partial charge on any atom is 0.342 e. The van der Waals surface area contributed by atoms with Gasteiger partial charge in [0.2, 0.25) is 5.12 Å². The van der Waals surface area contributed by atoms with E-state index in [9.17, 15) is 27.6 Å². The summed E-state index contributed by atoms with van der Waals surface area (Å²) in [5, 5.41) is -2.31. The van der Waals surface area contributed by atoms with Crippen molar-refractivity contribution >= 4 is 44.7 Å². The Labute approximate surface area is 147 Å². The molecule has 1 aromatic carbocycles. The van der Waals surface area contributed by atoms with Crippen molar-refractivity contribution in [1.82, 2.24) is 5.48 Å². The third kappa shape index (κ3) is 7.45. The molecule has 0 spiro atoms. The van der Waals surface area contributed by atoms with Crippen LogP contribution in [0, 0.1) is 0 Å². The fourth-order valence-corrected chi connectivity index (χ4v) is 2.99. The third-order valence-electron chi connectivity index (χ3n) is 2.79. The van der Waals surface area contributed by atoms with Crippen molar-refractivity contribution in [2.45, 2.75) is 18.6 Å². The molecule has 0 saturated carbocycles. The average molecular weight is 389 g/mol. The summed E-state index contributed by atoms with van der Waals surface area (Å²) >= 11 is 0.658. The molecule has 136 valence electrons. The van der Waals surface area contributed by atoms with Crippen LogP contribution in [0.2, 0.25) is 0 Å². The van der Waals surface area contributed by atoms with E-state index >= 15 is 0 Å². The van der Waals surface area contributed by atoms with Gasteiger partial charge in [-0.3, -0.25) is 18.9 Å². The molecule has 1 atom stereocenters. The Balaban J connectivity index is 2.42. The molecule has 0 fully saturated rings. The highest BCUT2D eigenvalue weighted by Gasteiger charge is 2.30. The topological polar surface area (TPSA) is 144 Å². The van der Waals surface area contributed by atoms with Gasteiger partial charge in [0.05, 0.1) is 6.42 Å². The van der Waals surface area contributed by atoms with Crippen LogP contribution >= 0.6 is 11.8 Å². The lowest BCUT2D eigenvalue weighted by Crippen LogP contribution is -2.36.